The minimum absolute atomic E-state index is 0.151. The summed E-state index contributed by atoms with van der Waals surface area (Å²) in [7, 11) is 0. The van der Waals surface area contributed by atoms with Crippen molar-refractivity contribution in [3.05, 3.63) is 131 Å². The molecule has 0 atom stereocenters. The molecule has 210 valence electrons. The van der Waals surface area contributed by atoms with Crippen LogP contribution in [-0.4, -0.2) is 16.8 Å². The van der Waals surface area contributed by atoms with Crippen LogP contribution < -0.4 is 15.4 Å². The number of carbonyl (C=O) groups excluding carboxylic acids is 2. The molecule has 41 heavy (non-hydrogen) atoms. The average molecular weight is 548 g/mol. The minimum Gasteiger partial charge on any atom is -0.472 e. The number of amides is 2. The standard InChI is InChI=1S/C35H37N3O3/c1-24(2)30-16-9-17-31(25(3)4)33(30)38-35(40)37-22-27-13-8-14-29(21-27)32(39)19-18-28-15-10-20-36-34(28)41-23-26-11-6-5-7-12-26/h5-21,24-25H,22-23H2,1-4H3,(H2,37,38,40). The first-order valence-corrected chi connectivity index (χ1v) is 13.9. The molecule has 0 saturated heterocycles. The third-order valence-corrected chi connectivity index (χ3v) is 6.71. The molecule has 0 aliphatic rings. The van der Waals surface area contributed by atoms with Gasteiger partial charge in [0.15, 0.2) is 5.78 Å². The molecule has 0 radical (unpaired) electrons. The number of ether oxygens (including phenoxy) is 1. The largest absolute Gasteiger partial charge is 0.472 e. The summed E-state index contributed by atoms with van der Waals surface area (Å²) in [6.07, 6.45) is 4.89. The Kier molecular flexibility index (Phi) is 10.1. The molecule has 4 aromatic rings. The highest BCUT2D eigenvalue weighted by Gasteiger charge is 2.16. The Morgan fingerprint density at radius 1 is 0.829 bits per heavy atom. The number of ketones is 1. The number of nitrogens with one attached hydrogen (secondary N) is 2. The molecule has 0 spiro atoms. The van der Waals surface area contributed by atoms with Crippen molar-refractivity contribution in [1.82, 2.24) is 10.3 Å². The number of hydrogen-bond acceptors (Lipinski definition) is 4. The lowest BCUT2D eigenvalue weighted by molar-refractivity contribution is 0.104. The molecule has 0 bridgehead atoms. The van der Waals surface area contributed by atoms with E-state index in [1.54, 1.807) is 30.5 Å². The van der Waals surface area contributed by atoms with Crippen molar-refractivity contribution in [2.24, 2.45) is 0 Å². The molecule has 2 amide bonds. The first-order valence-electron chi connectivity index (χ1n) is 13.9. The highest BCUT2D eigenvalue weighted by molar-refractivity contribution is 6.07. The van der Waals surface area contributed by atoms with Crippen molar-refractivity contribution < 1.29 is 14.3 Å². The van der Waals surface area contributed by atoms with E-state index < -0.39 is 0 Å². The maximum atomic E-state index is 13.0. The predicted molar refractivity (Wildman–Crippen MR) is 165 cm³/mol. The van der Waals surface area contributed by atoms with Crippen LogP contribution in [0.25, 0.3) is 6.08 Å². The summed E-state index contributed by atoms with van der Waals surface area (Å²) in [5.41, 5.74) is 6.19. The molecule has 0 saturated carbocycles. The summed E-state index contributed by atoms with van der Waals surface area (Å²) in [5.74, 6) is 0.862. The fourth-order valence-corrected chi connectivity index (χ4v) is 4.51. The first kappa shape index (κ1) is 29.3. The van der Waals surface area contributed by atoms with Gasteiger partial charge in [-0.05, 0) is 64.4 Å². The lowest BCUT2D eigenvalue weighted by Gasteiger charge is -2.20. The van der Waals surface area contributed by atoms with Gasteiger partial charge in [-0.2, -0.15) is 0 Å². The second-order valence-electron chi connectivity index (χ2n) is 10.5. The van der Waals surface area contributed by atoms with Crippen molar-refractivity contribution in [3.8, 4) is 5.88 Å². The zero-order valence-electron chi connectivity index (χ0n) is 24.1. The van der Waals surface area contributed by atoms with Crippen molar-refractivity contribution >= 4 is 23.6 Å². The lowest BCUT2D eigenvalue weighted by atomic mass is 9.93. The van der Waals surface area contributed by atoms with Gasteiger partial charge in [-0.15, -0.1) is 0 Å². The Morgan fingerprint density at radius 2 is 1.51 bits per heavy atom. The molecule has 6 nitrogen and oxygen atoms in total. The number of benzene rings is 3. The maximum absolute atomic E-state index is 13.0. The number of carbonyl (C=O) groups is 2. The number of anilines is 1. The summed E-state index contributed by atoms with van der Waals surface area (Å²) in [4.78, 5) is 30.2. The second kappa shape index (κ2) is 14.1. The highest BCUT2D eigenvalue weighted by atomic mass is 16.5. The SMILES string of the molecule is CC(C)c1cccc(C(C)C)c1NC(=O)NCc1cccc(C(=O)C=Cc2cccnc2OCc2ccccc2)c1. The van der Waals surface area contributed by atoms with Crippen LogP contribution in [0.2, 0.25) is 0 Å². The van der Waals surface area contributed by atoms with Crippen LogP contribution in [0.1, 0.15) is 77.7 Å². The number of allylic oxidation sites excluding steroid dienone is 1. The van der Waals surface area contributed by atoms with Gasteiger partial charge in [0.2, 0.25) is 5.88 Å². The normalized spacial score (nSPS) is 11.2. The highest BCUT2D eigenvalue weighted by Crippen LogP contribution is 2.32. The van der Waals surface area contributed by atoms with E-state index in [2.05, 4.69) is 55.4 Å². The van der Waals surface area contributed by atoms with E-state index in [9.17, 15) is 9.59 Å². The fourth-order valence-electron chi connectivity index (χ4n) is 4.51. The zero-order chi connectivity index (χ0) is 29.2. The van der Waals surface area contributed by atoms with Crippen LogP contribution >= 0.6 is 0 Å². The van der Waals surface area contributed by atoms with Crippen molar-refractivity contribution in [2.45, 2.75) is 52.7 Å². The third-order valence-electron chi connectivity index (χ3n) is 6.71. The van der Waals surface area contributed by atoms with E-state index in [-0.39, 0.29) is 30.2 Å². The molecule has 4 rings (SSSR count). The fraction of sp³-hybridized carbons (Fsp3) is 0.229. The summed E-state index contributed by atoms with van der Waals surface area (Å²) < 4.78 is 5.90. The van der Waals surface area contributed by atoms with Gasteiger partial charge in [0, 0.05) is 29.6 Å². The number of rotatable bonds is 11. The summed E-state index contributed by atoms with van der Waals surface area (Å²) in [6, 6.07) is 26.6. The third kappa shape index (κ3) is 8.15. The molecule has 2 N–H and O–H groups in total. The predicted octanol–water partition coefficient (Wildman–Crippen LogP) is 8.13. The lowest BCUT2D eigenvalue weighted by Crippen LogP contribution is -2.29. The Morgan fingerprint density at radius 3 is 2.22 bits per heavy atom. The van der Waals surface area contributed by atoms with E-state index >= 15 is 0 Å². The topological polar surface area (TPSA) is 80.3 Å². The number of hydrogen-bond donors (Lipinski definition) is 2. The summed E-state index contributed by atoms with van der Waals surface area (Å²) in [6.45, 7) is 9.14. The summed E-state index contributed by atoms with van der Waals surface area (Å²) in [5, 5.41) is 6.00. The molecule has 1 aromatic heterocycles. The monoisotopic (exact) mass is 547 g/mol. The van der Waals surface area contributed by atoms with Crippen molar-refractivity contribution in [3.63, 3.8) is 0 Å². The minimum atomic E-state index is -0.281. The molecular weight excluding hydrogens is 510 g/mol. The van der Waals surface area contributed by atoms with Gasteiger partial charge in [0.05, 0.1) is 0 Å². The van der Waals surface area contributed by atoms with E-state index in [1.807, 2.05) is 54.6 Å². The Bertz CT molecular complexity index is 1480. The van der Waals surface area contributed by atoms with Crippen LogP contribution in [0.4, 0.5) is 10.5 Å². The van der Waals surface area contributed by atoms with Crippen molar-refractivity contribution in [2.75, 3.05) is 5.32 Å². The number of pyridine rings is 1. The molecule has 6 heteroatoms. The van der Waals surface area contributed by atoms with Crippen molar-refractivity contribution in [1.29, 1.82) is 0 Å². The molecule has 0 aliphatic heterocycles. The number of nitrogens with zero attached hydrogens (tertiary/aromatic N) is 1. The average Bonchev–Trinajstić information content (AvgIpc) is 2.98. The smallest absolute Gasteiger partial charge is 0.319 e. The van der Waals surface area contributed by atoms with E-state index in [4.69, 9.17) is 4.74 Å². The van der Waals surface area contributed by atoms with Crippen LogP contribution in [0.5, 0.6) is 5.88 Å². The maximum Gasteiger partial charge on any atom is 0.319 e. The van der Waals surface area contributed by atoms with Gasteiger partial charge in [0.25, 0.3) is 0 Å². The summed E-state index contributed by atoms with van der Waals surface area (Å²) >= 11 is 0. The molecule has 3 aromatic carbocycles. The zero-order valence-corrected chi connectivity index (χ0v) is 24.1. The van der Waals surface area contributed by atoms with Gasteiger partial charge < -0.3 is 15.4 Å². The van der Waals surface area contributed by atoms with E-state index in [0.717, 1.165) is 27.9 Å². The van der Waals surface area contributed by atoms with Gasteiger partial charge in [0.1, 0.15) is 6.61 Å². The van der Waals surface area contributed by atoms with Crippen LogP contribution in [0.15, 0.2) is 97.2 Å². The first-order chi connectivity index (χ1) is 19.8. The second-order valence-corrected chi connectivity index (χ2v) is 10.5. The van der Waals surface area contributed by atoms with Gasteiger partial charge in [-0.1, -0.05) is 94.4 Å². The van der Waals surface area contributed by atoms with Crippen LogP contribution in [-0.2, 0) is 13.2 Å². The van der Waals surface area contributed by atoms with Gasteiger partial charge in [-0.25, -0.2) is 9.78 Å². The van der Waals surface area contributed by atoms with Gasteiger partial charge in [-0.3, -0.25) is 4.79 Å². The molecule has 0 fully saturated rings. The number of urea groups is 1. The molecule has 0 aliphatic carbocycles. The van der Waals surface area contributed by atoms with Gasteiger partial charge >= 0.3 is 6.03 Å². The number of aromatic nitrogens is 1. The quantitative estimate of drug-likeness (QED) is 0.147. The Balaban J connectivity index is 1.39. The van der Waals surface area contributed by atoms with E-state index in [0.29, 0.717) is 23.6 Å². The Hall–Kier alpha value is -4.71. The Labute approximate surface area is 242 Å². The molecular formula is C35H37N3O3. The number of para-hydroxylation sites is 1. The van der Waals surface area contributed by atoms with Crippen LogP contribution in [0.3, 0.4) is 0 Å². The molecule has 0 unspecified atom stereocenters. The molecule has 1 heterocycles. The van der Waals surface area contributed by atoms with E-state index in [1.165, 1.54) is 6.08 Å². The van der Waals surface area contributed by atoms with Crippen LogP contribution in [0, 0.1) is 0 Å².